The second kappa shape index (κ2) is 5.52. The maximum absolute atomic E-state index is 12.9. The molecular formula is C13H14ClF3N2O. The number of halogens is 4. The number of alkyl halides is 3. The summed E-state index contributed by atoms with van der Waals surface area (Å²) in [6, 6.07) is 2.84. The standard InChI is InChI=1S/C13H14ClF3N2O/c1-7(12(20)19-9-3-4-9)18-11-5-2-8(14)6-10(11)13(15,16)17/h2,5-7,9,18H,3-4H2,1H3,(H,19,20). The van der Waals surface area contributed by atoms with Gasteiger partial charge in [0.05, 0.1) is 5.56 Å². The van der Waals surface area contributed by atoms with Gasteiger partial charge in [-0.3, -0.25) is 4.79 Å². The van der Waals surface area contributed by atoms with E-state index in [1.165, 1.54) is 19.1 Å². The lowest BCUT2D eigenvalue weighted by Gasteiger charge is -2.19. The van der Waals surface area contributed by atoms with Gasteiger partial charge in [-0.15, -0.1) is 0 Å². The Morgan fingerprint density at radius 3 is 2.60 bits per heavy atom. The Labute approximate surface area is 119 Å². The number of nitrogens with one attached hydrogen (secondary N) is 2. The Bertz CT molecular complexity index is 515. The van der Waals surface area contributed by atoms with Crippen molar-refractivity contribution in [1.29, 1.82) is 0 Å². The molecule has 0 saturated heterocycles. The van der Waals surface area contributed by atoms with Gasteiger partial charge in [0.15, 0.2) is 0 Å². The van der Waals surface area contributed by atoms with E-state index in [4.69, 9.17) is 11.6 Å². The Balaban J connectivity index is 2.13. The SMILES string of the molecule is CC(Nc1ccc(Cl)cc1C(F)(F)F)C(=O)NC1CC1. The number of carbonyl (C=O) groups is 1. The highest BCUT2D eigenvalue weighted by molar-refractivity contribution is 6.30. The molecule has 2 rings (SSSR count). The molecule has 1 saturated carbocycles. The van der Waals surface area contributed by atoms with Gasteiger partial charge in [-0.25, -0.2) is 0 Å². The van der Waals surface area contributed by atoms with E-state index in [2.05, 4.69) is 10.6 Å². The molecule has 3 nitrogen and oxygen atoms in total. The van der Waals surface area contributed by atoms with Crippen molar-refractivity contribution in [3.8, 4) is 0 Å². The average molecular weight is 307 g/mol. The van der Waals surface area contributed by atoms with Crippen molar-refractivity contribution in [2.75, 3.05) is 5.32 Å². The molecule has 1 aliphatic carbocycles. The van der Waals surface area contributed by atoms with Crippen LogP contribution < -0.4 is 10.6 Å². The second-order valence-electron chi connectivity index (χ2n) is 4.84. The summed E-state index contributed by atoms with van der Waals surface area (Å²) >= 11 is 5.59. The van der Waals surface area contributed by atoms with E-state index in [9.17, 15) is 18.0 Å². The molecule has 0 spiro atoms. The first kappa shape index (κ1) is 15.0. The number of hydrogen-bond donors (Lipinski definition) is 2. The van der Waals surface area contributed by atoms with Crippen molar-refractivity contribution in [3.63, 3.8) is 0 Å². The van der Waals surface area contributed by atoms with E-state index in [0.29, 0.717) is 0 Å². The zero-order valence-electron chi connectivity index (χ0n) is 10.7. The summed E-state index contributed by atoms with van der Waals surface area (Å²) in [7, 11) is 0. The number of anilines is 1. The van der Waals surface area contributed by atoms with E-state index < -0.39 is 17.8 Å². The molecule has 2 N–H and O–H groups in total. The molecule has 1 amide bonds. The van der Waals surface area contributed by atoms with Gasteiger partial charge in [0.2, 0.25) is 5.91 Å². The molecule has 1 unspecified atom stereocenters. The van der Waals surface area contributed by atoms with Crippen molar-refractivity contribution >= 4 is 23.2 Å². The molecule has 0 heterocycles. The molecule has 1 aromatic rings. The summed E-state index contributed by atoms with van der Waals surface area (Å²) in [6.45, 7) is 1.52. The van der Waals surface area contributed by atoms with E-state index >= 15 is 0 Å². The molecule has 0 bridgehead atoms. The molecule has 0 radical (unpaired) electrons. The number of rotatable bonds is 4. The van der Waals surface area contributed by atoms with Crippen molar-refractivity contribution in [2.45, 2.75) is 38.0 Å². The van der Waals surface area contributed by atoms with Crippen LogP contribution in [0.1, 0.15) is 25.3 Å². The largest absolute Gasteiger partial charge is 0.418 e. The number of hydrogen-bond acceptors (Lipinski definition) is 2. The zero-order valence-corrected chi connectivity index (χ0v) is 11.5. The highest BCUT2D eigenvalue weighted by atomic mass is 35.5. The molecule has 20 heavy (non-hydrogen) atoms. The molecule has 0 aliphatic heterocycles. The zero-order chi connectivity index (χ0) is 14.9. The third-order valence-electron chi connectivity index (χ3n) is 2.98. The molecule has 1 aliphatic rings. The minimum atomic E-state index is -4.53. The normalized spacial score (nSPS) is 16.6. The van der Waals surface area contributed by atoms with Crippen LogP contribution >= 0.6 is 11.6 Å². The topological polar surface area (TPSA) is 41.1 Å². The summed E-state index contributed by atoms with van der Waals surface area (Å²) in [5, 5.41) is 5.32. The van der Waals surface area contributed by atoms with Crippen LogP contribution in [-0.2, 0) is 11.0 Å². The third kappa shape index (κ3) is 3.79. The smallest absolute Gasteiger partial charge is 0.373 e. The van der Waals surface area contributed by atoms with Crippen LogP contribution in [0.5, 0.6) is 0 Å². The van der Waals surface area contributed by atoms with Crippen LogP contribution in [0.4, 0.5) is 18.9 Å². The number of amides is 1. The van der Waals surface area contributed by atoms with Gasteiger partial charge in [0.1, 0.15) is 6.04 Å². The van der Waals surface area contributed by atoms with Crippen LogP contribution in [-0.4, -0.2) is 18.0 Å². The Kier molecular flexibility index (Phi) is 4.13. The lowest BCUT2D eigenvalue weighted by molar-refractivity contribution is -0.137. The summed E-state index contributed by atoms with van der Waals surface area (Å²) < 4.78 is 38.7. The van der Waals surface area contributed by atoms with E-state index in [1.807, 2.05) is 0 Å². The molecule has 1 atom stereocenters. The first-order chi connectivity index (χ1) is 9.27. The lowest BCUT2D eigenvalue weighted by Crippen LogP contribution is -2.39. The lowest BCUT2D eigenvalue weighted by atomic mass is 10.1. The Morgan fingerprint density at radius 1 is 1.40 bits per heavy atom. The Hall–Kier alpha value is -1.43. The molecule has 1 aromatic carbocycles. The van der Waals surface area contributed by atoms with Crippen LogP contribution in [0.25, 0.3) is 0 Å². The number of benzene rings is 1. The summed E-state index contributed by atoms with van der Waals surface area (Å²) in [5.41, 5.74) is -1.03. The predicted octanol–water partition coefficient (Wildman–Crippen LogP) is 3.44. The molecule has 0 aromatic heterocycles. The van der Waals surface area contributed by atoms with Crippen LogP contribution in [0.3, 0.4) is 0 Å². The van der Waals surface area contributed by atoms with Gasteiger partial charge >= 0.3 is 6.18 Å². The molecule has 7 heteroatoms. The highest BCUT2D eigenvalue weighted by Crippen LogP contribution is 2.36. The molecule has 1 fully saturated rings. The maximum atomic E-state index is 12.9. The summed E-state index contributed by atoms with van der Waals surface area (Å²) in [6.07, 6.45) is -2.68. The minimum absolute atomic E-state index is 0.00189. The fraction of sp³-hybridized carbons (Fsp3) is 0.462. The van der Waals surface area contributed by atoms with Crippen LogP contribution in [0.2, 0.25) is 5.02 Å². The van der Waals surface area contributed by atoms with Crippen molar-refractivity contribution < 1.29 is 18.0 Å². The summed E-state index contributed by atoms with van der Waals surface area (Å²) in [5.74, 6) is -0.310. The fourth-order valence-electron chi connectivity index (χ4n) is 1.73. The van der Waals surface area contributed by atoms with Gasteiger partial charge in [-0.05, 0) is 38.0 Å². The van der Waals surface area contributed by atoms with Crippen molar-refractivity contribution in [3.05, 3.63) is 28.8 Å². The molecule has 110 valence electrons. The van der Waals surface area contributed by atoms with Gasteiger partial charge in [0, 0.05) is 16.8 Å². The maximum Gasteiger partial charge on any atom is 0.418 e. The summed E-state index contributed by atoms with van der Waals surface area (Å²) in [4.78, 5) is 11.7. The quantitative estimate of drug-likeness (QED) is 0.894. The van der Waals surface area contributed by atoms with Crippen LogP contribution in [0, 0.1) is 0 Å². The highest BCUT2D eigenvalue weighted by Gasteiger charge is 2.34. The van der Waals surface area contributed by atoms with Gasteiger partial charge in [0.25, 0.3) is 0 Å². The van der Waals surface area contributed by atoms with Crippen LogP contribution in [0.15, 0.2) is 18.2 Å². The minimum Gasteiger partial charge on any atom is -0.373 e. The van der Waals surface area contributed by atoms with Gasteiger partial charge in [-0.1, -0.05) is 11.6 Å². The second-order valence-corrected chi connectivity index (χ2v) is 5.27. The van der Waals surface area contributed by atoms with Gasteiger partial charge < -0.3 is 10.6 Å². The average Bonchev–Trinajstić information content (AvgIpc) is 3.13. The van der Waals surface area contributed by atoms with E-state index in [0.717, 1.165) is 18.9 Å². The van der Waals surface area contributed by atoms with E-state index in [-0.39, 0.29) is 22.7 Å². The Morgan fingerprint density at radius 2 is 2.05 bits per heavy atom. The predicted molar refractivity (Wildman–Crippen MR) is 70.7 cm³/mol. The molecular weight excluding hydrogens is 293 g/mol. The first-order valence-corrected chi connectivity index (χ1v) is 6.59. The van der Waals surface area contributed by atoms with Crippen molar-refractivity contribution in [1.82, 2.24) is 5.32 Å². The monoisotopic (exact) mass is 306 g/mol. The third-order valence-corrected chi connectivity index (χ3v) is 3.21. The first-order valence-electron chi connectivity index (χ1n) is 6.21. The fourth-order valence-corrected chi connectivity index (χ4v) is 1.90. The van der Waals surface area contributed by atoms with Crippen molar-refractivity contribution in [2.24, 2.45) is 0 Å². The van der Waals surface area contributed by atoms with E-state index in [1.54, 1.807) is 0 Å². The van der Waals surface area contributed by atoms with Gasteiger partial charge in [-0.2, -0.15) is 13.2 Å². The number of carbonyl (C=O) groups excluding carboxylic acids is 1.